The van der Waals surface area contributed by atoms with Gasteiger partial charge in [0.25, 0.3) is 0 Å². The van der Waals surface area contributed by atoms with Crippen molar-refractivity contribution in [2.75, 3.05) is 12.4 Å². The molecule has 1 fully saturated rings. The van der Waals surface area contributed by atoms with Crippen LogP contribution in [0.15, 0.2) is 41.4 Å². The van der Waals surface area contributed by atoms with Crippen LogP contribution in [0.2, 0.25) is 20.1 Å². The van der Waals surface area contributed by atoms with Crippen molar-refractivity contribution in [3.63, 3.8) is 0 Å². The van der Waals surface area contributed by atoms with Crippen molar-refractivity contribution in [3.05, 3.63) is 56.5 Å². The fourth-order valence-corrected chi connectivity index (χ4v) is 4.29. The van der Waals surface area contributed by atoms with Crippen LogP contribution in [0, 0.1) is 0 Å². The summed E-state index contributed by atoms with van der Waals surface area (Å²) >= 11 is 25.0. The zero-order chi connectivity index (χ0) is 20.4. The standard InChI is InChI=1S/C18H13Cl4N3O2S/c1-25-16(26)8-15(17(27)23-11-2-3-13(21)14(22)7-11)28-18(25)24-12-5-9(19)4-10(20)6-12/h2-7,15H,8H2,1H3,(H,23,27). The molecule has 5 nitrogen and oxygen atoms in total. The summed E-state index contributed by atoms with van der Waals surface area (Å²) in [7, 11) is 1.60. The van der Waals surface area contributed by atoms with Crippen LogP contribution < -0.4 is 5.32 Å². The van der Waals surface area contributed by atoms with Gasteiger partial charge < -0.3 is 5.32 Å². The smallest absolute Gasteiger partial charge is 0.238 e. The number of nitrogens with one attached hydrogen (secondary N) is 1. The summed E-state index contributed by atoms with van der Waals surface area (Å²) in [6.07, 6.45) is 0.0453. The van der Waals surface area contributed by atoms with E-state index in [0.717, 1.165) is 0 Å². The lowest BCUT2D eigenvalue weighted by Gasteiger charge is -2.28. The van der Waals surface area contributed by atoms with Gasteiger partial charge in [-0.25, -0.2) is 4.99 Å². The number of carbonyl (C=O) groups is 2. The van der Waals surface area contributed by atoms with Crippen molar-refractivity contribution in [1.29, 1.82) is 0 Å². The Labute approximate surface area is 186 Å². The number of hydrogen-bond acceptors (Lipinski definition) is 4. The van der Waals surface area contributed by atoms with Gasteiger partial charge in [-0.2, -0.15) is 0 Å². The highest BCUT2D eigenvalue weighted by molar-refractivity contribution is 8.15. The van der Waals surface area contributed by atoms with E-state index >= 15 is 0 Å². The molecule has 1 aliphatic rings. The molecule has 2 aromatic rings. The summed E-state index contributed by atoms with van der Waals surface area (Å²) in [6, 6.07) is 9.60. The van der Waals surface area contributed by atoms with Gasteiger partial charge in [0, 0.05) is 29.2 Å². The van der Waals surface area contributed by atoms with Gasteiger partial charge in [-0.05, 0) is 36.4 Å². The molecule has 1 heterocycles. The predicted molar refractivity (Wildman–Crippen MR) is 117 cm³/mol. The maximum Gasteiger partial charge on any atom is 0.238 e. The number of benzene rings is 2. The van der Waals surface area contributed by atoms with E-state index in [1.54, 1.807) is 43.4 Å². The van der Waals surface area contributed by atoms with Gasteiger partial charge in [-0.1, -0.05) is 58.2 Å². The quantitative estimate of drug-likeness (QED) is 0.600. The third-order valence-electron chi connectivity index (χ3n) is 3.82. The molecule has 1 atom stereocenters. The van der Waals surface area contributed by atoms with E-state index in [4.69, 9.17) is 46.4 Å². The van der Waals surface area contributed by atoms with E-state index < -0.39 is 5.25 Å². The highest BCUT2D eigenvalue weighted by Crippen LogP contribution is 2.32. The van der Waals surface area contributed by atoms with Crippen molar-refractivity contribution in [2.45, 2.75) is 11.7 Å². The normalized spacial score (nSPS) is 18.5. The third kappa shape index (κ3) is 5.13. The minimum atomic E-state index is -0.647. The number of amidine groups is 1. The number of hydrogen-bond donors (Lipinski definition) is 1. The Balaban J connectivity index is 1.81. The number of amides is 2. The molecule has 10 heteroatoms. The van der Waals surface area contributed by atoms with Crippen LogP contribution in [-0.4, -0.2) is 34.2 Å². The number of nitrogens with zero attached hydrogens (tertiary/aromatic N) is 2. The van der Waals surface area contributed by atoms with E-state index in [9.17, 15) is 9.59 Å². The third-order valence-corrected chi connectivity index (χ3v) is 6.24. The van der Waals surface area contributed by atoms with E-state index in [2.05, 4.69) is 10.3 Å². The van der Waals surface area contributed by atoms with Crippen molar-refractivity contribution >= 4 is 86.5 Å². The molecule has 28 heavy (non-hydrogen) atoms. The summed E-state index contributed by atoms with van der Waals surface area (Å²) in [5.74, 6) is -0.554. The summed E-state index contributed by atoms with van der Waals surface area (Å²) in [5.41, 5.74) is 0.983. The van der Waals surface area contributed by atoms with E-state index in [0.29, 0.717) is 36.6 Å². The fraction of sp³-hybridized carbons (Fsp3) is 0.167. The van der Waals surface area contributed by atoms with Gasteiger partial charge in [0.1, 0.15) is 5.25 Å². The van der Waals surface area contributed by atoms with Gasteiger partial charge in [-0.15, -0.1) is 0 Å². The minimum absolute atomic E-state index is 0.0453. The van der Waals surface area contributed by atoms with Crippen LogP contribution >= 0.6 is 58.2 Å². The highest BCUT2D eigenvalue weighted by Gasteiger charge is 2.34. The summed E-state index contributed by atoms with van der Waals surface area (Å²) in [4.78, 5) is 30.8. The summed E-state index contributed by atoms with van der Waals surface area (Å²) < 4.78 is 0. The van der Waals surface area contributed by atoms with Gasteiger partial charge in [0.05, 0.1) is 15.7 Å². The number of rotatable bonds is 3. The van der Waals surface area contributed by atoms with Crippen LogP contribution in [0.1, 0.15) is 6.42 Å². The fourth-order valence-electron chi connectivity index (χ4n) is 2.41. The molecule has 0 spiro atoms. The first-order valence-electron chi connectivity index (χ1n) is 7.97. The maximum absolute atomic E-state index is 12.6. The Hall–Kier alpha value is -1.44. The molecular weight excluding hydrogens is 464 g/mol. The molecular formula is C18H13Cl4N3O2S. The van der Waals surface area contributed by atoms with Gasteiger partial charge in [-0.3, -0.25) is 14.5 Å². The zero-order valence-electron chi connectivity index (χ0n) is 14.4. The Morgan fingerprint density at radius 1 is 1.11 bits per heavy atom. The van der Waals surface area contributed by atoms with Crippen LogP contribution in [0.3, 0.4) is 0 Å². The molecule has 0 radical (unpaired) electrons. The molecule has 0 aromatic heterocycles. The first-order chi connectivity index (χ1) is 13.2. The topological polar surface area (TPSA) is 61.8 Å². The summed E-state index contributed by atoms with van der Waals surface area (Å²) in [5, 5.41) is 4.04. The van der Waals surface area contributed by atoms with Crippen molar-refractivity contribution in [1.82, 2.24) is 4.90 Å². The van der Waals surface area contributed by atoms with Crippen LogP contribution in [0.4, 0.5) is 11.4 Å². The largest absolute Gasteiger partial charge is 0.325 e. The Kier molecular flexibility index (Phi) is 6.78. The second kappa shape index (κ2) is 8.93. The molecule has 0 aliphatic carbocycles. The second-order valence-electron chi connectivity index (χ2n) is 5.90. The Morgan fingerprint density at radius 3 is 2.43 bits per heavy atom. The number of halogens is 4. The van der Waals surface area contributed by atoms with E-state index in [1.165, 1.54) is 16.7 Å². The van der Waals surface area contributed by atoms with Gasteiger partial charge in [0.15, 0.2) is 5.17 Å². The summed E-state index contributed by atoms with van der Waals surface area (Å²) in [6.45, 7) is 0. The average Bonchev–Trinajstić information content (AvgIpc) is 2.61. The van der Waals surface area contributed by atoms with Crippen molar-refractivity contribution < 1.29 is 9.59 Å². The molecule has 0 bridgehead atoms. The van der Waals surface area contributed by atoms with E-state index in [1.807, 2.05) is 0 Å². The molecule has 2 amide bonds. The molecule has 0 saturated carbocycles. The number of carbonyl (C=O) groups excluding carboxylic acids is 2. The second-order valence-corrected chi connectivity index (χ2v) is 8.76. The molecule has 146 valence electrons. The number of anilines is 1. The molecule has 1 aliphatic heterocycles. The van der Waals surface area contributed by atoms with E-state index in [-0.39, 0.29) is 18.2 Å². The first kappa shape index (κ1) is 21.3. The lowest BCUT2D eigenvalue weighted by molar-refractivity contribution is -0.128. The number of aliphatic imine (C=N–C) groups is 1. The lowest BCUT2D eigenvalue weighted by atomic mass is 10.2. The molecule has 1 unspecified atom stereocenters. The molecule has 1 saturated heterocycles. The number of thioether (sulfide) groups is 1. The van der Waals surface area contributed by atoms with Crippen LogP contribution in [0.5, 0.6) is 0 Å². The lowest BCUT2D eigenvalue weighted by Crippen LogP contribution is -2.43. The van der Waals surface area contributed by atoms with Gasteiger partial charge in [0.2, 0.25) is 11.8 Å². The van der Waals surface area contributed by atoms with Crippen molar-refractivity contribution in [3.8, 4) is 0 Å². The molecule has 2 aromatic carbocycles. The predicted octanol–water partition coefficient (Wildman–Crippen LogP) is 5.89. The zero-order valence-corrected chi connectivity index (χ0v) is 18.2. The average molecular weight is 477 g/mol. The van der Waals surface area contributed by atoms with Gasteiger partial charge >= 0.3 is 0 Å². The molecule has 1 N–H and O–H groups in total. The molecule has 3 rings (SSSR count). The minimum Gasteiger partial charge on any atom is -0.325 e. The first-order valence-corrected chi connectivity index (χ1v) is 10.4. The Morgan fingerprint density at radius 2 is 1.79 bits per heavy atom. The van der Waals surface area contributed by atoms with Crippen LogP contribution in [0.25, 0.3) is 0 Å². The Bertz CT molecular complexity index is 963. The SMILES string of the molecule is CN1C(=O)CC(C(=O)Nc2ccc(Cl)c(Cl)c2)SC1=Nc1cc(Cl)cc(Cl)c1. The van der Waals surface area contributed by atoms with Crippen molar-refractivity contribution in [2.24, 2.45) is 4.99 Å². The monoisotopic (exact) mass is 475 g/mol. The highest BCUT2D eigenvalue weighted by atomic mass is 35.5. The van der Waals surface area contributed by atoms with Crippen LogP contribution in [-0.2, 0) is 9.59 Å². The maximum atomic E-state index is 12.6.